The van der Waals surface area contributed by atoms with Crippen molar-refractivity contribution < 1.29 is 19.2 Å². The Labute approximate surface area is 139 Å². The summed E-state index contributed by atoms with van der Waals surface area (Å²) in [6, 6.07) is 1.77. The van der Waals surface area contributed by atoms with Gasteiger partial charge in [-0.2, -0.15) is 0 Å². The number of carboxylic acid groups (broad SMARTS) is 1. The fourth-order valence-electron chi connectivity index (χ4n) is 3.06. The van der Waals surface area contributed by atoms with E-state index in [1.54, 1.807) is 24.8 Å². The van der Waals surface area contributed by atoms with Crippen LogP contribution in [-0.4, -0.2) is 45.1 Å². The smallest absolute Gasteiger partial charge is 0.311 e. The van der Waals surface area contributed by atoms with Gasteiger partial charge in [0.25, 0.3) is 11.6 Å². The van der Waals surface area contributed by atoms with Crippen LogP contribution in [0.1, 0.15) is 54.9 Å². The van der Waals surface area contributed by atoms with E-state index in [1.165, 1.54) is 0 Å². The number of carbonyl (C=O) groups is 2. The van der Waals surface area contributed by atoms with Gasteiger partial charge in [0.15, 0.2) is 0 Å². The third-order valence-corrected chi connectivity index (χ3v) is 4.74. The average molecular weight is 331 g/mol. The fourth-order valence-corrected chi connectivity index (χ4v) is 3.06. The van der Waals surface area contributed by atoms with Gasteiger partial charge in [0.05, 0.1) is 22.1 Å². The number of carboxylic acids is 1. The van der Waals surface area contributed by atoms with Gasteiger partial charge in [-0.3, -0.25) is 9.59 Å². The van der Waals surface area contributed by atoms with Crippen LogP contribution in [0.2, 0.25) is 0 Å². The third kappa shape index (κ3) is 2.53. The van der Waals surface area contributed by atoms with Crippen LogP contribution in [0.25, 0.3) is 11.1 Å². The van der Waals surface area contributed by atoms with Gasteiger partial charge in [-0.25, -0.2) is 4.98 Å². The molecular formula is C17H21N3O4. The minimum atomic E-state index is -0.896. The highest BCUT2D eigenvalue weighted by molar-refractivity contribution is 6.06. The number of aromatic nitrogens is 2. The van der Waals surface area contributed by atoms with E-state index >= 15 is 0 Å². The van der Waals surface area contributed by atoms with Crippen LogP contribution in [0.4, 0.5) is 0 Å². The van der Waals surface area contributed by atoms with Crippen LogP contribution < -0.4 is 0 Å². The number of hydrogen-bond acceptors (Lipinski definition) is 5. The first-order valence-corrected chi connectivity index (χ1v) is 8.02. The van der Waals surface area contributed by atoms with E-state index in [1.807, 2.05) is 13.8 Å². The van der Waals surface area contributed by atoms with Crippen LogP contribution in [0.3, 0.4) is 0 Å². The van der Waals surface area contributed by atoms with Crippen molar-refractivity contribution in [3.63, 3.8) is 0 Å². The molecule has 1 aliphatic heterocycles. The monoisotopic (exact) mass is 331 g/mol. The predicted octanol–water partition coefficient (Wildman–Crippen LogP) is 2.59. The molecule has 1 saturated heterocycles. The maximum Gasteiger partial charge on any atom is 0.311 e. The van der Waals surface area contributed by atoms with Crippen LogP contribution >= 0.6 is 0 Å². The van der Waals surface area contributed by atoms with Crippen molar-refractivity contribution in [2.75, 3.05) is 13.1 Å². The van der Waals surface area contributed by atoms with E-state index in [4.69, 9.17) is 4.52 Å². The molecule has 1 amide bonds. The lowest BCUT2D eigenvalue weighted by molar-refractivity contribution is -0.147. The van der Waals surface area contributed by atoms with Gasteiger partial charge in [0, 0.05) is 18.8 Å². The summed E-state index contributed by atoms with van der Waals surface area (Å²) in [7, 11) is 0. The minimum Gasteiger partial charge on any atom is -0.481 e. The molecule has 0 bridgehead atoms. The summed E-state index contributed by atoms with van der Waals surface area (Å²) in [5.74, 6) is -0.934. The number of pyridine rings is 1. The number of nitrogens with zero attached hydrogens (tertiary/aromatic N) is 3. The zero-order valence-electron chi connectivity index (χ0n) is 14.3. The summed E-state index contributed by atoms with van der Waals surface area (Å²) >= 11 is 0. The summed E-state index contributed by atoms with van der Waals surface area (Å²) in [4.78, 5) is 30.5. The van der Waals surface area contributed by atoms with E-state index in [2.05, 4.69) is 10.1 Å². The van der Waals surface area contributed by atoms with E-state index in [0.717, 1.165) is 5.69 Å². The highest BCUT2D eigenvalue weighted by atomic mass is 16.5. The third-order valence-electron chi connectivity index (χ3n) is 4.74. The highest BCUT2D eigenvalue weighted by Gasteiger charge is 2.42. The molecule has 0 aliphatic carbocycles. The summed E-state index contributed by atoms with van der Waals surface area (Å²) in [5, 5.41) is 13.9. The molecule has 3 rings (SSSR count). The van der Waals surface area contributed by atoms with Crippen molar-refractivity contribution in [3.05, 3.63) is 23.0 Å². The summed E-state index contributed by atoms with van der Waals surface area (Å²) in [6.45, 7) is 8.05. The maximum atomic E-state index is 13.0. The van der Waals surface area contributed by atoms with E-state index < -0.39 is 11.4 Å². The zero-order chi connectivity index (χ0) is 17.6. The van der Waals surface area contributed by atoms with Crippen molar-refractivity contribution in [1.82, 2.24) is 15.0 Å². The molecule has 0 aromatic carbocycles. The molecule has 1 unspecified atom stereocenters. The molecule has 1 atom stereocenters. The molecule has 128 valence electrons. The van der Waals surface area contributed by atoms with Crippen LogP contribution in [0.5, 0.6) is 0 Å². The minimum absolute atomic E-state index is 0.134. The number of hydrogen-bond donors (Lipinski definition) is 1. The Hall–Kier alpha value is -2.44. The van der Waals surface area contributed by atoms with Gasteiger partial charge >= 0.3 is 5.97 Å². The SMILES string of the molecule is Cc1noc2nc(C(C)C)cc(C(=O)N3CCC(C)(C(=O)O)C3)c12. The maximum absolute atomic E-state index is 13.0. The van der Waals surface area contributed by atoms with Gasteiger partial charge in [-0.1, -0.05) is 19.0 Å². The van der Waals surface area contributed by atoms with E-state index in [9.17, 15) is 14.7 Å². The first-order chi connectivity index (χ1) is 11.2. The van der Waals surface area contributed by atoms with Gasteiger partial charge in [-0.15, -0.1) is 0 Å². The Kier molecular flexibility index (Phi) is 3.81. The Bertz CT molecular complexity index is 827. The molecule has 1 fully saturated rings. The molecule has 3 heterocycles. The van der Waals surface area contributed by atoms with Gasteiger partial charge in [0.1, 0.15) is 0 Å². The zero-order valence-corrected chi connectivity index (χ0v) is 14.3. The summed E-state index contributed by atoms with van der Waals surface area (Å²) < 4.78 is 5.25. The Morgan fingerprint density at radius 1 is 1.42 bits per heavy atom. The average Bonchev–Trinajstić information content (AvgIpc) is 3.10. The predicted molar refractivity (Wildman–Crippen MR) is 86.9 cm³/mol. The second-order valence-corrected chi connectivity index (χ2v) is 7.04. The van der Waals surface area contributed by atoms with Gasteiger partial charge < -0.3 is 14.5 Å². The topological polar surface area (TPSA) is 96.5 Å². The normalized spacial score (nSPS) is 21.0. The second kappa shape index (κ2) is 5.58. The molecule has 2 aromatic heterocycles. The Balaban J connectivity index is 2.04. The molecular weight excluding hydrogens is 310 g/mol. The molecule has 2 aromatic rings. The van der Waals surface area contributed by atoms with Crippen LogP contribution in [0, 0.1) is 12.3 Å². The molecule has 1 N–H and O–H groups in total. The number of rotatable bonds is 3. The van der Waals surface area contributed by atoms with Crippen molar-refractivity contribution in [3.8, 4) is 0 Å². The van der Waals surface area contributed by atoms with Crippen molar-refractivity contribution in [2.24, 2.45) is 5.41 Å². The summed E-state index contributed by atoms with van der Waals surface area (Å²) in [6.07, 6.45) is 0.446. The lowest BCUT2D eigenvalue weighted by Gasteiger charge is -2.21. The highest BCUT2D eigenvalue weighted by Crippen LogP contribution is 2.33. The number of likely N-dealkylation sites (tertiary alicyclic amines) is 1. The van der Waals surface area contributed by atoms with E-state index in [0.29, 0.717) is 35.3 Å². The number of aliphatic carboxylic acids is 1. The Morgan fingerprint density at radius 2 is 2.12 bits per heavy atom. The van der Waals surface area contributed by atoms with Crippen molar-refractivity contribution >= 4 is 23.0 Å². The lowest BCUT2D eigenvalue weighted by Crippen LogP contribution is -2.35. The van der Waals surface area contributed by atoms with Gasteiger partial charge in [0.2, 0.25) is 0 Å². The first kappa shape index (κ1) is 16.4. The number of amides is 1. The van der Waals surface area contributed by atoms with Crippen molar-refractivity contribution in [2.45, 2.75) is 40.0 Å². The largest absolute Gasteiger partial charge is 0.481 e. The molecule has 24 heavy (non-hydrogen) atoms. The van der Waals surface area contributed by atoms with Gasteiger partial charge in [-0.05, 0) is 32.3 Å². The van der Waals surface area contributed by atoms with E-state index in [-0.39, 0.29) is 18.4 Å². The molecule has 7 heteroatoms. The number of fused-ring (bicyclic) bond motifs is 1. The quantitative estimate of drug-likeness (QED) is 0.928. The molecule has 0 spiro atoms. The number of carbonyl (C=O) groups excluding carboxylic acids is 1. The first-order valence-electron chi connectivity index (χ1n) is 8.02. The van der Waals surface area contributed by atoms with Crippen LogP contribution in [0.15, 0.2) is 10.6 Å². The fraction of sp³-hybridized carbons (Fsp3) is 0.529. The van der Waals surface area contributed by atoms with Crippen LogP contribution in [-0.2, 0) is 4.79 Å². The number of aryl methyl sites for hydroxylation is 1. The Morgan fingerprint density at radius 3 is 2.71 bits per heavy atom. The standard InChI is InChI=1S/C17H21N3O4/c1-9(2)12-7-11(13-10(3)19-24-14(13)18-12)15(21)20-6-5-17(4,8-20)16(22)23/h7,9H,5-6,8H2,1-4H3,(H,22,23). The molecule has 1 aliphatic rings. The second-order valence-electron chi connectivity index (χ2n) is 7.04. The molecule has 0 saturated carbocycles. The molecule has 0 radical (unpaired) electrons. The lowest BCUT2D eigenvalue weighted by atomic mass is 9.90. The van der Waals surface area contributed by atoms with Crippen molar-refractivity contribution in [1.29, 1.82) is 0 Å². The summed E-state index contributed by atoms with van der Waals surface area (Å²) in [5.41, 5.74) is 1.30. The molecule has 7 nitrogen and oxygen atoms in total.